The summed E-state index contributed by atoms with van der Waals surface area (Å²) in [4.78, 5) is 4.60. The van der Waals surface area contributed by atoms with E-state index >= 15 is 0 Å². The van der Waals surface area contributed by atoms with Crippen LogP contribution in [0.15, 0.2) is 206 Å². The van der Waals surface area contributed by atoms with Gasteiger partial charge in [0, 0.05) is 13.1 Å². The van der Waals surface area contributed by atoms with Gasteiger partial charge in [-0.05, 0) is 61.6 Å². The largest absolute Gasteiger partial charge is 0.305 e. The van der Waals surface area contributed by atoms with Gasteiger partial charge in [0.25, 0.3) is 0 Å². The van der Waals surface area contributed by atoms with E-state index in [1.165, 1.54) is 66.2 Å². The molecule has 2 nitrogen and oxygen atoms in total. The lowest BCUT2D eigenvalue weighted by molar-refractivity contribution is 0.463. The summed E-state index contributed by atoms with van der Waals surface area (Å²) in [6.07, 6.45) is 0. The highest BCUT2D eigenvalue weighted by molar-refractivity contribution is 7.01. The fourth-order valence-electron chi connectivity index (χ4n) is 8.07. The first-order chi connectivity index (χ1) is 27.5. The molecule has 0 amide bonds. The molecule has 0 bridgehead atoms. The van der Waals surface area contributed by atoms with Crippen molar-refractivity contribution in [2.45, 2.75) is 0 Å². The maximum absolute atomic E-state index is 2.36. The van der Waals surface area contributed by atoms with Gasteiger partial charge in [0.2, 0.25) is 13.4 Å². The topological polar surface area (TPSA) is 6.48 Å². The van der Waals surface area contributed by atoms with Crippen molar-refractivity contribution in [1.82, 2.24) is 9.80 Å². The van der Waals surface area contributed by atoms with Crippen LogP contribution in [0.4, 0.5) is 0 Å². The monoisotopic (exact) mass is 724 g/mol. The zero-order chi connectivity index (χ0) is 38.7. The molecule has 0 unspecified atom stereocenters. The van der Waals surface area contributed by atoms with E-state index in [-0.39, 0.29) is 13.4 Å². The number of hydrogen-bond acceptors (Lipinski definition) is 2. The Bertz CT molecular complexity index is 2070. The van der Waals surface area contributed by atoms with Gasteiger partial charge in [-0.3, -0.25) is 0 Å². The molecule has 7 aromatic carbocycles. The molecule has 7 rings (SSSR count). The van der Waals surface area contributed by atoms with Crippen molar-refractivity contribution in [2.75, 3.05) is 41.3 Å². The third-order valence-electron chi connectivity index (χ3n) is 10.5. The van der Waals surface area contributed by atoms with Crippen LogP contribution in [0.1, 0.15) is 22.3 Å². The second kappa shape index (κ2) is 18.6. The summed E-state index contributed by atoms with van der Waals surface area (Å²) < 4.78 is 0. The van der Waals surface area contributed by atoms with Gasteiger partial charge in [-0.1, -0.05) is 239 Å². The van der Waals surface area contributed by atoms with E-state index in [9.17, 15) is 0 Å². The van der Waals surface area contributed by atoms with Gasteiger partial charge in [0.1, 0.15) is 0 Å². The smallest absolute Gasteiger partial charge is 0.242 e. The number of hydrogen-bond donors (Lipinski definition) is 0. The van der Waals surface area contributed by atoms with Crippen LogP contribution in [-0.2, 0) is 0 Å². The summed E-state index contributed by atoms with van der Waals surface area (Å²) in [5.41, 5.74) is 15.3. The van der Waals surface area contributed by atoms with E-state index in [0.717, 1.165) is 13.1 Å². The maximum atomic E-state index is 2.36. The summed E-state index contributed by atoms with van der Waals surface area (Å²) in [5.74, 6) is 0. The van der Waals surface area contributed by atoms with E-state index in [4.69, 9.17) is 0 Å². The summed E-state index contributed by atoms with van der Waals surface area (Å²) in [6.45, 7) is 1.67. The highest BCUT2D eigenvalue weighted by Crippen LogP contribution is 2.33. The normalized spacial score (nSPS) is 12.2. The molecule has 0 aromatic heterocycles. The van der Waals surface area contributed by atoms with Gasteiger partial charge in [-0.15, -0.1) is 0 Å². The van der Waals surface area contributed by atoms with Gasteiger partial charge >= 0.3 is 0 Å². The number of rotatable bonds is 14. The molecule has 0 saturated heterocycles. The molecule has 0 saturated carbocycles. The van der Waals surface area contributed by atoms with Gasteiger partial charge in [-0.2, -0.15) is 0 Å². The Morgan fingerprint density at radius 1 is 0.304 bits per heavy atom. The van der Waals surface area contributed by atoms with Crippen LogP contribution in [0.25, 0.3) is 22.1 Å². The van der Waals surface area contributed by atoms with E-state index in [1.54, 1.807) is 0 Å². The average Bonchev–Trinajstić information content (AvgIpc) is 3.25. The van der Waals surface area contributed by atoms with Gasteiger partial charge in [0.15, 0.2) is 0 Å². The molecular formula is C52H50B2N2. The van der Waals surface area contributed by atoms with Crippen LogP contribution in [0, 0.1) is 0 Å². The summed E-state index contributed by atoms with van der Waals surface area (Å²) >= 11 is 0. The Labute approximate surface area is 335 Å². The van der Waals surface area contributed by atoms with Crippen molar-refractivity contribution < 1.29 is 0 Å². The second-order valence-electron chi connectivity index (χ2n) is 15.1. The fraction of sp³-hybridized carbons (Fsp3) is 0.115. The molecule has 7 aromatic rings. The van der Waals surface area contributed by atoms with E-state index < -0.39 is 0 Å². The van der Waals surface area contributed by atoms with E-state index in [1.807, 2.05) is 0 Å². The first-order valence-electron chi connectivity index (χ1n) is 19.6. The Hall–Kier alpha value is -5.93. The Kier molecular flexibility index (Phi) is 12.7. The zero-order valence-corrected chi connectivity index (χ0v) is 33.1. The van der Waals surface area contributed by atoms with Crippen LogP contribution >= 0.6 is 0 Å². The summed E-state index contributed by atoms with van der Waals surface area (Å²) in [7, 11) is 8.70. The molecule has 274 valence electrons. The lowest BCUT2D eigenvalue weighted by atomic mass is 9.34. The highest BCUT2D eigenvalue weighted by atomic mass is 15.1. The van der Waals surface area contributed by atoms with Gasteiger partial charge in [-0.25, -0.2) is 0 Å². The number of nitrogens with zero attached hydrogens (tertiary/aromatic N) is 2. The number of benzene rings is 7. The minimum atomic E-state index is 0.0424. The van der Waals surface area contributed by atoms with Crippen molar-refractivity contribution in [1.29, 1.82) is 0 Å². The third-order valence-corrected chi connectivity index (χ3v) is 10.5. The molecule has 0 heterocycles. The van der Waals surface area contributed by atoms with Crippen molar-refractivity contribution in [3.63, 3.8) is 0 Å². The Morgan fingerprint density at radius 2 is 0.536 bits per heavy atom. The summed E-state index contributed by atoms with van der Waals surface area (Å²) in [6, 6.07) is 75.4. The van der Waals surface area contributed by atoms with Crippen LogP contribution < -0.4 is 21.9 Å². The van der Waals surface area contributed by atoms with E-state index in [2.05, 4.69) is 244 Å². The molecule has 0 aliphatic heterocycles. The molecule has 4 heteroatoms. The molecular weight excluding hydrogens is 674 g/mol. The molecule has 0 radical (unpaired) electrons. The predicted molar refractivity (Wildman–Crippen MR) is 246 cm³/mol. The SMILES string of the molecule is CN(C)C/C(=C(\B(c1ccccc1)c1ccccc1)c1ccccc1)c1ccc(/C(CN(C)C)=C(/B(c2ccccc2)c2ccccc2)c2ccccc2)cc1. The Morgan fingerprint density at radius 3 is 0.768 bits per heavy atom. The maximum Gasteiger partial charge on any atom is 0.242 e. The molecule has 0 aliphatic rings. The van der Waals surface area contributed by atoms with Crippen molar-refractivity contribution in [3.05, 3.63) is 229 Å². The molecule has 0 N–H and O–H groups in total. The van der Waals surface area contributed by atoms with Crippen LogP contribution in [-0.4, -0.2) is 64.5 Å². The molecule has 0 atom stereocenters. The fourth-order valence-corrected chi connectivity index (χ4v) is 8.07. The standard InChI is InChI=1S/C52H50B2N2/c1-55(2)39-49(51(43-23-11-5-12-24-43)53(45-27-15-7-16-28-45)46-29-17-8-18-30-46)41-35-37-42(38-36-41)50(40-56(3)4)52(44-25-13-6-14-26-44)54(47-31-19-9-20-32-47)48-33-21-10-22-34-48/h5-38H,39-40H2,1-4H3/b51-49+,52-50+. The van der Waals surface area contributed by atoms with Gasteiger partial charge in [0.05, 0.1) is 0 Å². The molecule has 0 aliphatic carbocycles. The van der Waals surface area contributed by atoms with Crippen molar-refractivity contribution in [2.24, 2.45) is 0 Å². The predicted octanol–water partition coefficient (Wildman–Crippen LogP) is 8.33. The lowest BCUT2D eigenvalue weighted by Gasteiger charge is -2.27. The average molecular weight is 725 g/mol. The van der Waals surface area contributed by atoms with Crippen molar-refractivity contribution >= 4 is 57.4 Å². The van der Waals surface area contributed by atoms with Crippen LogP contribution in [0.3, 0.4) is 0 Å². The summed E-state index contributed by atoms with van der Waals surface area (Å²) in [5, 5.41) is 0. The number of likely N-dealkylation sites (N-methyl/N-ethyl adjacent to an activating group) is 2. The van der Waals surface area contributed by atoms with Gasteiger partial charge < -0.3 is 9.80 Å². The third kappa shape index (κ3) is 9.12. The Balaban J connectivity index is 1.48. The minimum Gasteiger partial charge on any atom is -0.305 e. The highest BCUT2D eigenvalue weighted by Gasteiger charge is 2.30. The first-order valence-corrected chi connectivity index (χ1v) is 19.6. The second-order valence-corrected chi connectivity index (χ2v) is 15.1. The van der Waals surface area contributed by atoms with E-state index in [0.29, 0.717) is 0 Å². The zero-order valence-electron chi connectivity index (χ0n) is 33.1. The van der Waals surface area contributed by atoms with Crippen LogP contribution in [0.2, 0.25) is 0 Å². The minimum absolute atomic E-state index is 0.0424. The lowest BCUT2D eigenvalue weighted by Crippen LogP contribution is -2.44. The molecule has 0 spiro atoms. The molecule has 56 heavy (non-hydrogen) atoms. The first kappa shape index (κ1) is 38.3. The van der Waals surface area contributed by atoms with Crippen molar-refractivity contribution in [3.8, 4) is 0 Å². The quantitative estimate of drug-likeness (QED) is 0.0823. The van der Waals surface area contributed by atoms with Crippen LogP contribution in [0.5, 0.6) is 0 Å². The molecule has 0 fully saturated rings.